The summed E-state index contributed by atoms with van der Waals surface area (Å²) in [7, 11) is 0. The highest BCUT2D eigenvalue weighted by molar-refractivity contribution is 6.34. The van der Waals surface area contributed by atoms with Crippen molar-refractivity contribution in [2.75, 3.05) is 13.1 Å². The summed E-state index contributed by atoms with van der Waals surface area (Å²) in [5.74, 6) is -0.532. The van der Waals surface area contributed by atoms with Crippen LogP contribution >= 0.6 is 11.6 Å². The molecule has 1 aromatic carbocycles. The van der Waals surface area contributed by atoms with Gasteiger partial charge in [-0.25, -0.2) is 0 Å². The van der Waals surface area contributed by atoms with Crippen LogP contribution in [0.5, 0.6) is 0 Å². The number of primary amides is 1. The molecule has 7 heteroatoms. The number of piperidine rings is 1. The number of hydrogen-bond acceptors (Lipinski definition) is 4. The molecular formula is C16H18ClN3O3. The molecule has 0 radical (unpaired) electrons. The number of halogens is 1. The first-order chi connectivity index (χ1) is 11.1. The van der Waals surface area contributed by atoms with Gasteiger partial charge in [0, 0.05) is 36.0 Å². The normalized spacial score (nSPS) is 21.7. The predicted octanol–water partition coefficient (Wildman–Crippen LogP) is 1.56. The van der Waals surface area contributed by atoms with E-state index in [0.29, 0.717) is 43.1 Å². The van der Waals surface area contributed by atoms with E-state index in [1.165, 1.54) is 0 Å². The van der Waals surface area contributed by atoms with Crippen LogP contribution in [0.3, 0.4) is 0 Å². The first-order valence-corrected chi connectivity index (χ1v) is 7.99. The highest BCUT2D eigenvalue weighted by Gasteiger charge is 2.35. The second kappa shape index (κ2) is 6.58. The SMILES string of the molecule is NC(=O)C1CCN(C(=O)C2CC(c3ccccc3Cl)=NO2)CC1. The number of nitrogens with two attached hydrogens (primary N) is 1. The molecular weight excluding hydrogens is 318 g/mol. The lowest BCUT2D eigenvalue weighted by atomic mass is 9.95. The van der Waals surface area contributed by atoms with Crippen molar-refractivity contribution < 1.29 is 14.4 Å². The molecule has 0 bridgehead atoms. The van der Waals surface area contributed by atoms with Gasteiger partial charge in [-0.05, 0) is 18.9 Å². The van der Waals surface area contributed by atoms with Crippen LogP contribution in [0.1, 0.15) is 24.8 Å². The van der Waals surface area contributed by atoms with E-state index in [1.807, 2.05) is 18.2 Å². The quantitative estimate of drug-likeness (QED) is 0.909. The Bertz CT molecular complexity index is 654. The Morgan fingerprint density at radius 1 is 1.26 bits per heavy atom. The van der Waals surface area contributed by atoms with Crippen molar-refractivity contribution in [3.63, 3.8) is 0 Å². The fraction of sp³-hybridized carbons (Fsp3) is 0.438. The molecule has 0 aliphatic carbocycles. The molecule has 3 rings (SSSR count). The summed E-state index contributed by atoms with van der Waals surface area (Å²) in [6, 6.07) is 7.35. The fourth-order valence-electron chi connectivity index (χ4n) is 2.95. The maximum absolute atomic E-state index is 12.5. The third-order valence-electron chi connectivity index (χ3n) is 4.34. The lowest BCUT2D eigenvalue weighted by Crippen LogP contribution is -2.45. The third kappa shape index (κ3) is 3.32. The minimum atomic E-state index is -0.619. The van der Waals surface area contributed by atoms with E-state index in [0.717, 1.165) is 5.56 Å². The van der Waals surface area contributed by atoms with Gasteiger partial charge in [-0.15, -0.1) is 0 Å². The molecule has 2 aliphatic heterocycles. The van der Waals surface area contributed by atoms with Gasteiger partial charge in [0.1, 0.15) is 0 Å². The molecule has 122 valence electrons. The van der Waals surface area contributed by atoms with Gasteiger partial charge in [0.25, 0.3) is 5.91 Å². The summed E-state index contributed by atoms with van der Waals surface area (Å²) < 4.78 is 0. The molecule has 23 heavy (non-hydrogen) atoms. The number of benzene rings is 1. The number of carbonyl (C=O) groups excluding carboxylic acids is 2. The zero-order valence-corrected chi connectivity index (χ0v) is 13.3. The Morgan fingerprint density at radius 2 is 1.96 bits per heavy atom. The maximum Gasteiger partial charge on any atom is 0.266 e. The number of amides is 2. The van der Waals surface area contributed by atoms with E-state index in [9.17, 15) is 9.59 Å². The first-order valence-electron chi connectivity index (χ1n) is 7.62. The van der Waals surface area contributed by atoms with Crippen LogP contribution in [0, 0.1) is 5.92 Å². The minimum Gasteiger partial charge on any atom is -0.382 e. The van der Waals surface area contributed by atoms with Crippen LogP contribution in [0.4, 0.5) is 0 Å². The van der Waals surface area contributed by atoms with E-state index in [1.54, 1.807) is 11.0 Å². The smallest absolute Gasteiger partial charge is 0.266 e. The summed E-state index contributed by atoms with van der Waals surface area (Å²) in [5.41, 5.74) is 6.78. The summed E-state index contributed by atoms with van der Waals surface area (Å²) >= 11 is 6.15. The lowest BCUT2D eigenvalue weighted by Gasteiger charge is -2.31. The summed E-state index contributed by atoms with van der Waals surface area (Å²) in [4.78, 5) is 30.7. The van der Waals surface area contributed by atoms with Crippen LogP contribution in [0.25, 0.3) is 0 Å². The molecule has 0 spiro atoms. The molecule has 2 N–H and O–H groups in total. The molecule has 1 aromatic rings. The van der Waals surface area contributed by atoms with Crippen LogP contribution in [-0.2, 0) is 14.4 Å². The average Bonchev–Trinajstić information content (AvgIpc) is 3.04. The van der Waals surface area contributed by atoms with Gasteiger partial charge in [-0.1, -0.05) is 35.0 Å². The van der Waals surface area contributed by atoms with Crippen molar-refractivity contribution >= 4 is 29.1 Å². The molecule has 0 aromatic heterocycles. The lowest BCUT2D eigenvalue weighted by molar-refractivity contribution is -0.144. The Hall–Kier alpha value is -2.08. The third-order valence-corrected chi connectivity index (χ3v) is 4.67. The van der Waals surface area contributed by atoms with Crippen molar-refractivity contribution in [1.82, 2.24) is 4.90 Å². The zero-order valence-electron chi connectivity index (χ0n) is 12.6. The topological polar surface area (TPSA) is 85.0 Å². The fourth-order valence-corrected chi connectivity index (χ4v) is 3.20. The van der Waals surface area contributed by atoms with E-state index < -0.39 is 6.10 Å². The number of hydrogen-bond donors (Lipinski definition) is 1. The number of nitrogens with zero attached hydrogens (tertiary/aromatic N) is 2. The minimum absolute atomic E-state index is 0.0984. The van der Waals surface area contributed by atoms with Crippen LogP contribution < -0.4 is 5.73 Å². The Kier molecular flexibility index (Phi) is 4.52. The van der Waals surface area contributed by atoms with Gasteiger partial charge in [0.15, 0.2) is 0 Å². The molecule has 6 nitrogen and oxygen atoms in total. The molecule has 2 aliphatic rings. The molecule has 2 heterocycles. The number of rotatable bonds is 3. The van der Waals surface area contributed by atoms with Crippen LogP contribution in [0.15, 0.2) is 29.4 Å². The first kappa shape index (κ1) is 15.8. The highest BCUT2D eigenvalue weighted by atomic mass is 35.5. The molecule has 1 fully saturated rings. The Labute approximate surface area is 139 Å². The van der Waals surface area contributed by atoms with E-state index in [2.05, 4.69) is 5.16 Å². The van der Waals surface area contributed by atoms with Crippen molar-refractivity contribution in [2.24, 2.45) is 16.8 Å². The van der Waals surface area contributed by atoms with Gasteiger partial charge in [0.2, 0.25) is 12.0 Å². The van der Waals surface area contributed by atoms with E-state index in [4.69, 9.17) is 22.2 Å². The van der Waals surface area contributed by atoms with Crippen molar-refractivity contribution in [2.45, 2.75) is 25.4 Å². The highest BCUT2D eigenvalue weighted by Crippen LogP contribution is 2.25. The monoisotopic (exact) mass is 335 g/mol. The van der Waals surface area contributed by atoms with Crippen molar-refractivity contribution in [1.29, 1.82) is 0 Å². The summed E-state index contributed by atoms with van der Waals surface area (Å²) in [5, 5.41) is 4.61. The average molecular weight is 336 g/mol. The maximum atomic E-state index is 12.5. The van der Waals surface area contributed by atoms with Crippen LogP contribution in [0.2, 0.25) is 5.02 Å². The van der Waals surface area contributed by atoms with Gasteiger partial charge >= 0.3 is 0 Å². The van der Waals surface area contributed by atoms with Crippen molar-refractivity contribution in [3.8, 4) is 0 Å². The predicted molar refractivity (Wildman–Crippen MR) is 86.0 cm³/mol. The molecule has 1 atom stereocenters. The number of carbonyl (C=O) groups is 2. The standard InChI is InChI=1S/C16H18ClN3O3/c17-12-4-2-1-3-11(12)13-9-14(23-19-13)16(22)20-7-5-10(6-8-20)15(18)21/h1-4,10,14H,5-9H2,(H2,18,21). The van der Waals surface area contributed by atoms with E-state index in [-0.39, 0.29) is 17.7 Å². The molecule has 0 saturated carbocycles. The second-order valence-electron chi connectivity index (χ2n) is 5.82. The van der Waals surface area contributed by atoms with Crippen molar-refractivity contribution in [3.05, 3.63) is 34.9 Å². The number of oxime groups is 1. The summed E-state index contributed by atoms with van der Waals surface area (Å²) in [6.07, 6.45) is 0.988. The Balaban J connectivity index is 1.59. The number of likely N-dealkylation sites (tertiary alicyclic amines) is 1. The largest absolute Gasteiger partial charge is 0.382 e. The summed E-state index contributed by atoms with van der Waals surface area (Å²) in [6.45, 7) is 1.04. The molecule has 1 saturated heterocycles. The second-order valence-corrected chi connectivity index (χ2v) is 6.23. The van der Waals surface area contributed by atoms with Gasteiger partial charge in [-0.3, -0.25) is 9.59 Å². The van der Waals surface area contributed by atoms with Gasteiger partial charge in [0.05, 0.1) is 5.71 Å². The molecule has 2 amide bonds. The van der Waals surface area contributed by atoms with E-state index >= 15 is 0 Å². The Morgan fingerprint density at radius 3 is 2.61 bits per heavy atom. The van der Waals surface area contributed by atoms with Crippen LogP contribution in [-0.4, -0.2) is 41.6 Å². The molecule has 1 unspecified atom stereocenters. The zero-order chi connectivity index (χ0) is 16.4. The van der Waals surface area contributed by atoms with Gasteiger partial charge < -0.3 is 15.5 Å². The van der Waals surface area contributed by atoms with Gasteiger partial charge in [-0.2, -0.15) is 0 Å².